The van der Waals surface area contributed by atoms with Gasteiger partial charge in [-0.3, -0.25) is 9.78 Å². The standard InChI is InChI=1S/C18H29N3O/c1-5-6-7-10-16(13-15-11-8-9-12-20-15)21-14-18(2,3)17(22)19-4/h5,8-9,11-12,16,21H,1,6-7,10,13-14H2,2-4H3,(H,19,22). The molecule has 22 heavy (non-hydrogen) atoms. The first kappa shape index (κ1) is 18.4. The molecule has 0 radical (unpaired) electrons. The normalized spacial score (nSPS) is 12.7. The Labute approximate surface area is 134 Å². The minimum atomic E-state index is -0.421. The Kier molecular flexibility index (Phi) is 7.82. The number of allylic oxidation sites excluding steroid dienone is 1. The molecule has 1 aromatic heterocycles. The molecule has 1 unspecified atom stereocenters. The van der Waals surface area contributed by atoms with Crippen LogP contribution >= 0.6 is 0 Å². The first-order chi connectivity index (χ1) is 10.5. The van der Waals surface area contributed by atoms with Crippen LogP contribution in [0.5, 0.6) is 0 Å². The Bertz CT molecular complexity index is 457. The van der Waals surface area contributed by atoms with Gasteiger partial charge < -0.3 is 10.6 Å². The Morgan fingerprint density at radius 1 is 1.45 bits per heavy atom. The van der Waals surface area contributed by atoms with Crippen molar-refractivity contribution in [1.82, 2.24) is 15.6 Å². The topological polar surface area (TPSA) is 54.0 Å². The average Bonchev–Trinajstić information content (AvgIpc) is 2.52. The smallest absolute Gasteiger partial charge is 0.226 e. The lowest BCUT2D eigenvalue weighted by molar-refractivity contribution is -0.128. The summed E-state index contributed by atoms with van der Waals surface area (Å²) in [5, 5.41) is 6.27. The van der Waals surface area contributed by atoms with Crippen molar-refractivity contribution in [2.45, 2.75) is 45.6 Å². The molecule has 0 aromatic carbocycles. The molecule has 0 aliphatic rings. The van der Waals surface area contributed by atoms with Crippen LogP contribution in [0.4, 0.5) is 0 Å². The maximum absolute atomic E-state index is 11.9. The van der Waals surface area contributed by atoms with Gasteiger partial charge in [0, 0.05) is 37.9 Å². The molecule has 0 aliphatic heterocycles. The summed E-state index contributed by atoms with van der Waals surface area (Å²) in [6.45, 7) is 8.34. The molecule has 1 amide bonds. The van der Waals surface area contributed by atoms with Gasteiger partial charge in [-0.05, 0) is 45.2 Å². The van der Waals surface area contributed by atoms with Crippen LogP contribution in [0.25, 0.3) is 0 Å². The van der Waals surface area contributed by atoms with Crippen molar-refractivity contribution in [3.8, 4) is 0 Å². The van der Waals surface area contributed by atoms with Crippen LogP contribution in [0.15, 0.2) is 37.1 Å². The summed E-state index contributed by atoms with van der Waals surface area (Å²) in [5.74, 6) is 0.0580. The first-order valence-corrected chi connectivity index (χ1v) is 7.96. The Morgan fingerprint density at radius 2 is 2.23 bits per heavy atom. The molecule has 0 aliphatic carbocycles. The number of amides is 1. The summed E-state index contributed by atoms with van der Waals surface area (Å²) in [4.78, 5) is 16.3. The molecular weight excluding hydrogens is 274 g/mol. The third-order valence-electron chi connectivity index (χ3n) is 3.82. The molecule has 1 aromatic rings. The number of hydrogen-bond acceptors (Lipinski definition) is 3. The van der Waals surface area contributed by atoms with E-state index in [0.717, 1.165) is 31.4 Å². The van der Waals surface area contributed by atoms with Crippen molar-refractivity contribution in [3.05, 3.63) is 42.7 Å². The van der Waals surface area contributed by atoms with E-state index in [1.165, 1.54) is 0 Å². The molecule has 1 rings (SSSR count). The van der Waals surface area contributed by atoms with Crippen LogP contribution in [0.1, 0.15) is 38.8 Å². The number of nitrogens with one attached hydrogen (secondary N) is 2. The van der Waals surface area contributed by atoms with Crippen LogP contribution < -0.4 is 10.6 Å². The largest absolute Gasteiger partial charge is 0.359 e. The van der Waals surface area contributed by atoms with Crippen molar-refractivity contribution in [1.29, 1.82) is 0 Å². The van der Waals surface area contributed by atoms with Gasteiger partial charge in [0.2, 0.25) is 5.91 Å². The summed E-state index contributed by atoms with van der Waals surface area (Å²) in [6.07, 6.45) is 7.80. The van der Waals surface area contributed by atoms with Crippen LogP contribution in [0.3, 0.4) is 0 Å². The van der Waals surface area contributed by atoms with Crippen molar-refractivity contribution in [2.75, 3.05) is 13.6 Å². The van der Waals surface area contributed by atoms with E-state index in [9.17, 15) is 4.79 Å². The zero-order valence-electron chi connectivity index (χ0n) is 14.1. The van der Waals surface area contributed by atoms with Crippen LogP contribution in [0, 0.1) is 5.41 Å². The van der Waals surface area contributed by atoms with E-state index in [0.29, 0.717) is 12.6 Å². The lowest BCUT2D eigenvalue weighted by Gasteiger charge is -2.27. The fourth-order valence-corrected chi connectivity index (χ4v) is 2.37. The molecule has 1 heterocycles. The molecule has 0 spiro atoms. The van der Waals surface area contributed by atoms with Gasteiger partial charge in [0.15, 0.2) is 0 Å². The molecule has 0 saturated carbocycles. The van der Waals surface area contributed by atoms with Gasteiger partial charge in [0.1, 0.15) is 0 Å². The highest BCUT2D eigenvalue weighted by molar-refractivity contribution is 5.81. The molecule has 4 heteroatoms. The minimum absolute atomic E-state index is 0.0580. The third-order valence-corrected chi connectivity index (χ3v) is 3.82. The zero-order chi connectivity index (χ0) is 16.4. The van der Waals surface area contributed by atoms with E-state index < -0.39 is 5.41 Å². The number of rotatable bonds is 10. The van der Waals surface area contributed by atoms with Crippen LogP contribution in [0.2, 0.25) is 0 Å². The van der Waals surface area contributed by atoms with Crippen molar-refractivity contribution in [3.63, 3.8) is 0 Å². The number of pyridine rings is 1. The monoisotopic (exact) mass is 303 g/mol. The van der Waals surface area contributed by atoms with E-state index in [1.807, 2.05) is 44.3 Å². The molecule has 0 bridgehead atoms. The van der Waals surface area contributed by atoms with Gasteiger partial charge >= 0.3 is 0 Å². The van der Waals surface area contributed by atoms with Crippen molar-refractivity contribution in [2.24, 2.45) is 5.41 Å². The van der Waals surface area contributed by atoms with E-state index in [4.69, 9.17) is 0 Å². The maximum Gasteiger partial charge on any atom is 0.226 e. The molecule has 4 nitrogen and oxygen atoms in total. The predicted molar refractivity (Wildman–Crippen MR) is 91.6 cm³/mol. The van der Waals surface area contributed by atoms with Gasteiger partial charge in [-0.15, -0.1) is 6.58 Å². The third kappa shape index (κ3) is 6.39. The summed E-state index contributed by atoms with van der Waals surface area (Å²) < 4.78 is 0. The number of carbonyl (C=O) groups is 1. The second kappa shape index (κ2) is 9.36. The zero-order valence-corrected chi connectivity index (χ0v) is 14.1. The Hall–Kier alpha value is -1.68. The lowest BCUT2D eigenvalue weighted by atomic mass is 9.91. The van der Waals surface area contributed by atoms with Gasteiger partial charge in [-0.1, -0.05) is 12.1 Å². The quantitative estimate of drug-likeness (QED) is 0.516. The summed E-state index contributed by atoms with van der Waals surface area (Å²) in [7, 11) is 1.68. The molecule has 2 N–H and O–H groups in total. The minimum Gasteiger partial charge on any atom is -0.359 e. The fourth-order valence-electron chi connectivity index (χ4n) is 2.37. The van der Waals surface area contributed by atoms with Gasteiger partial charge in [-0.2, -0.15) is 0 Å². The highest BCUT2D eigenvalue weighted by Crippen LogP contribution is 2.15. The van der Waals surface area contributed by atoms with E-state index in [-0.39, 0.29) is 5.91 Å². The van der Waals surface area contributed by atoms with Gasteiger partial charge in [-0.25, -0.2) is 0 Å². The number of nitrogens with zero attached hydrogens (tertiary/aromatic N) is 1. The van der Waals surface area contributed by atoms with E-state index in [2.05, 4.69) is 22.2 Å². The molecule has 0 saturated heterocycles. The maximum atomic E-state index is 11.9. The second-order valence-corrected chi connectivity index (χ2v) is 6.29. The molecule has 122 valence electrons. The number of aromatic nitrogens is 1. The van der Waals surface area contributed by atoms with Gasteiger partial charge in [0.25, 0.3) is 0 Å². The van der Waals surface area contributed by atoms with Crippen molar-refractivity contribution < 1.29 is 4.79 Å². The van der Waals surface area contributed by atoms with E-state index >= 15 is 0 Å². The summed E-state index contributed by atoms with van der Waals surface area (Å²) >= 11 is 0. The van der Waals surface area contributed by atoms with E-state index in [1.54, 1.807) is 7.05 Å². The molecule has 1 atom stereocenters. The number of hydrogen-bond donors (Lipinski definition) is 2. The summed E-state index contributed by atoms with van der Waals surface area (Å²) in [5.41, 5.74) is 0.659. The Morgan fingerprint density at radius 3 is 2.82 bits per heavy atom. The lowest BCUT2D eigenvalue weighted by Crippen LogP contribution is -2.45. The predicted octanol–water partition coefficient (Wildman–Crippen LogP) is 2.71. The number of carbonyl (C=O) groups excluding carboxylic acids is 1. The van der Waals surface area contributed by atoms with Crippen LogP contribution in [-0.4, -0.2) is 30.5 Å². The second-order valence-electron chi connectivity index (χ2n) is 6.29. The fraction of sp³-hybridized carbons (Fsp3) is 0.556. The first-order valence-electron chi connectivity index (χ1n) is 7.96. The Balaban J connectivity index is 2.61. The van der Waals surface area contributed by atoms with Crippen molar-refractivity contribution >= 4 is 5.91 Å². The number of unbranched alkanes of at least 4 members (excludes halogenated alkanes) is 1. The summed E-state index contributed by atoms with van der Waals surface area (Å²) in [6, 6.07) is 6.31. The van der Waals surface area contributed by atoms with Crippen LogP contribution in [-0.2, 0) is 11.2 Å². The SMILES string of the molecule is C=CCCCC(Cc1ccccn1)NCC(C)(C)C(=O)NC. The average molecular weight is 303 g/mol. The molecule has 0 fully saturated rings. The highest BCUT2D eigenvalue weighted by Gasteiger charge is 2.27. The van der Waals surface area contributed by atoms with Gasteiger partial charge in [0.05, 0.1) is 5.41 Å². The molecular formula is C18H29N3O. The highest BCUT2D eigenvalue weighted by atomic mass is 16.2.